The smallest absolute Gasteiger partial charge is 0.0934 e. The molecule has 1 aliphatic carbocycles. The lowest BCUT2D eigenvalue weighted by molar-refractivity contribution is 0.373. The van der Waals surface area contributed by atoms with Crippen LogP contribution < -0.4 is 0 Å². The van der Waals surface area contributed by atoms with E-state index in [1.807, 2.05) is 11.3 Å². The van der Waals surface area contributed by atoms with Gasteiger partial charge in [-0.1, -0.05) is 28.8 Å². The van der Waals surface area contributed by atoms with Gasteiger partial charge in [-0.25, -0.2) is 4.98 Å². The van der Waals surface area contributed by atoms with Crippen LogP contribution in [0.15, 0.2) is 0 Å². The van der Waals surface area contributed by atoms with E-state index in [0.717, 1.165) is 10.7 Å². The van der Waals surface area contributed by atoms with Gasteiger partial charge < -0.3 is 0 Å². The van der Waals surface area contributed by atoms with Crippen molar-refractivity contribution in [1.29, 1.82) is 0 Å². The second kappa shape index (κ2) is 4.96. The highest BCUT2D eigenvalue weighted by Gasteiger charge is 2.23. The maximum Gasteiger partial charge on any atom is 0.0934 e. The molecule has 0 N–H and O–H groups in total. The van der Waals surface area contributed by atoms with Crippen molar-refractivity contribution in [1.82, 2.24) is 4.98 Å². The summed E-state index contributed by atoms with van der Waals surface area (Å²) in [6.07, 6.45) is 6.68. The quantitative estimate of drug-likeness (QED) is 0.741. The van der Waals surface area contributed by atoms with Crippen LogP contribution in [0.5, 0.6) is 0 Å². The zero-order chi connectivity index (χ0) is 10.8. The first kappa shape index (κ1) is 11.6. The Morgan fingerprint density at radius 1 is 1.33 bits per heavy atom. The van der Waals surface area contributed by atoms with E-state index in [4.69, 9.17) is 0 Å². The number of nitrogens with zero attached hydrogens (tertiary/aromatic N) is 1. The molecule has 84 valence electrons. The Kier molecular flexibility index (Phi) is 3.83. The third-order valence-electron chi connectivity index (χ3n) is 3.33. The van der Waals surface area contributed by atoms with Gasteiger partial charge in [0.25, 0.3) is 0 Å². The fourth-order valence-electron chi connectivity index (χ4n) is 2.24. The molecule has 1 aromatic rings. The molecule has 0 amide bonds. The van der Waals surface area contributed by atoms with Crippen molar-refractivity contribution in [2.75, 3.05) is 0 Å². The molecule has 1 heterocycles. The molecule has 2 rings (SSSR count). The minimum atomic E-state index is 0.718. The van der Waals surface area contributed by atoms with Crippen LogP contribution in [0.2, 0.25) is 0 Å². The van der Waals surface area contributed by atoms with E-state index >= 15 is 0 Å². The summed E-state index contributed by atoms with van der Waals surface area (Å²) in [5.74, 6) is 0.809. The minimum absolute atomic E-state index is 0.718. The maximum atomic E-state index is 4.64. The number of alkyl halides is 1. The van der Waals surface area contributed by atoms with Crippen LogP contribution >= 0.6 is 27.3 Å². The Morgan fingerprint density at radius 2 is 2.07 bits per heavy atom. The van der Waals surface area contributed by atoms with Gasteiger partial charge in [-0.3, -0.25) is 0 Å². The zero-order valence-electron chi connectivity index (χ0n) is 9.42. The molecule has 0 radical (unpaired) electrons. The molecule has 1 saturated carbocycles. The Morgan fingerprint density at radius 3 is 2.67 bits per heavy atom. The molecule has 0 saturated heterocycles. The van der Waals surface area contributed by atoms with Gasteiger partial charge in [0.2, 0.25) is 0 Å². The van der Waals surface area contributed by atoms with E-state index in [1.54, 1.807) is 0 Å². The summed E-state index contributed by atoms with van der Waals surface area (Å²) in [6.45, 7) is 4.28. The number of aryl methyl sites for hydroxylation is 2. The molecule has 1 aliphatic rings. The van der Waals surface area contributed by atoms with Gasteiger partial charge in [-0.15, -0.1) is 11.3 Å². The largest absolute Gasteiger partial charge is 0.246 e. The number of hydrogen-bond donors (Lipinski definition) is 0. The molecule has 0 aromatic carbocycles. The number of rotatable bonds is 2. The van der Waals surface area contributed by atoms with Gasteiger partial charge in [0, 0.05) is 16.1 Å². The van der Waals surface area contributed by atoms with Gasteiger partial charge in [-0.2, -0.15) is 0 Å². The Balaban J connectivity index is 2.01. The topological polar surface area (TPSA) is 12.9 Å². The van der Waals surface area contributed by atoms with E-state index in [2.05, 4.69) is 34.8 Å². The van der Waals surface area contributed by atoms with Crippen LogP contribution in [0.25, 0.3) is 0 Å². The van der Waals surface area contributed by atoms with Crippen molar-refractivity contribution in [3.8, 4) is 0 Å². The van der Waals surface area contributed by atoms with Gasteiger partial charge >= 0.3 is 0 Å². The van der Waals surface area contributed by atoms with Gasteiger partial charge in [0.15, 0.2) is 0 Å². The second-order valence-electron chi connectivity index (χ2n) is 4.51. The molecule has 0 bridgehead atoms. The van der Waals surface area contributed by atoms with Crippen LogP contribution in [0, 0.1) is 19.8 Å². The highest BCUT2D eigenvalue weighted by molar-refractivity contribution is 9.09. The Labute approximate surface area is 104 Å². The van der Waals surface area contributed by atoms with Crippen molar-refractivity contribution in [2.24, 2.45) is 5.92 Å². The van der Waals surface area contributed by atoms with E-state index < -0.39 is 0 Å². The molecule has 1 nitrogen and oxygen atoms in total. The maximum absolute atomic E-state index is 4.64. The van der Waals surface area contributed by atoms with E-state index in [9.17, 15) is 0 Å². The zero-order valence-corrected chi connectivity index (χ0v) is 11.8. The number of hydrogen-bond acceptors (Lipinski definition) is 2. The van der Waals surface area contributed by atoms with Gasteiger partial charge in [-0.05, 0) is 32.6 Å². The monoisotopic (exact) mass is 287 g/mol. The summed E-state index contributed by atoms with van der Waals surface area (Å²) in [6, 6.07) is 0. The van der Waals surface area contributed by atoms with E-state index in [1.165, 1.54) is 47.7 Å². The lowest BCUT2D eigenvalue weighted by Gasteiger charge is -2.26. The SMILES string of the molecule is Cc1nc(CC2CCCCC2Br)sc1C. The molecular formula is C12H18BrNS. The summed E-state index contributed by atoms with van der Waals surface area (Å²) in [5.41, 5.74) is 1.22. The lowest BCUT2D eigenvalue weighted by atomic mass is 9.87. The average molecular weight is 288 g/mol. The van der Waals surface area contributed by atoms with Crippen molar-refractivity contribution in [3.05, 3.63) is 15.6 Å². The van der Waals surface area contributed by atoms with Crippen LogP contribution in [0.4, 0.5) is 0 Å². The minimum Gasteiger partial charge on any atom is -0.246 e. The standard InChI is InChI=1S/C12H18BrNS/c1-8-9(2)15-12(14-8)7-10-5-3-4-6-11(10)13/h10-11H,3-7H2,1-2H3. The highest BCUT2D eigenvalue weighted by atomic mass is 79.9. The number of aromatic nitrogens is 1. The van der Waals surface area contributed by atoms with Gasteiger partial charge in [0.1, 0.15) is 0 Å². The summed E-state index contributed by atoms with van der Waals surface area (Å²) in [4.78, 5) is 6.74. The third kappa shape index (κ3) is 2.82. The summed E-state index contributed by atoms with van der Waals surface area (Å²) in [5, 5.41) is 1.33. The van der Waals surface area contributed by atoms with Crippen LogP contribution in [0.3, 0.4) is 0 Å². The fourth-order valence-corrected chi connectivity index (χ4v) is 4.04. The molecule has 2 atom stereocenters. The fraction of sp³-hybridized carbons (Fsp3) is 0.750. The summed E-state index contributed by atoms with van der Waals surface area (Å²) in [7, 11) is 0. The summed E-state index contributed by atoms with van der Waals surface area (Å²) >= 11 is 5.69. The molecule has 1 aromatic heterocycles. The highest BCUT2D eigenvalue weighted by Crippen LogP contribution is 2.33. The predicted molar refractivity (Wildman–Crippen MR) is 70.0 cm³/mol. The Bertz CT molecular complexity index is 315. The normalized spacial score (nSPS) is 26.9. The first-order valence-electron chi connectivity index (χ1n) is 5.74. The molecule has 3 heteroatoms. The second-order valence-corrected chi connectivity index (χ2v) is 6.98. The predicted octanol–water partition coefficient (Wildman–Crippen LogP) is 4.26. The van der Waals surface area contributed by atoms with Crippen molar-refractivity contribution in [3.63, 3.8) is 0 Å². The van der Waals surface area contributed by atoms with Crippen molar-refractivity contribution in [2.45, 2.75) is 50.8 Å². The van der Waals surface area contributed by atoms with E-state index in [0.29, 0.717) is 0 Å². The first-order valence-corrected chi connectivity index (χ1v) is 7.47. The molecule has 1 fully saturated rings. The number of thiazole rings is 1. The van der Waals surface area contributed by atoms with Gasteiger partial charge in [0.05, 0.1) is 10.7 Å². The molecule has 0 spiro atoms. The Hall–Kier alpha value is 0.110. The van der Waals surface area contributed by atoms with Crippen LogP contribution in [0.1, 0.15) is 41.3 Å². The molecule has 0 aliphatic heterocycles. The van der Waals surface area contributed by atoms with Crippen molar-refractivity contribution >= 4 is 27.3 Å². The molecule has 15 heavy (non-hydrogen) atoms. The average Bonchev–Trinajstić information content (AvgIpc) is 2.50. The first-order chi connectivity index (χ1) is 7.16. The number of halogens is 1. The molecular weight excluding hydrogens is 270 g/mol. The van der Waals surface area contributed by atoms with Crippen LogP contribution in [-0.2, 0) is 6.42 Å². The lowest BCUT2D eigenvalue weighted by Crippen LogP contribution is -2.21. The summed E-state index contributed by atoms with van der Waals surface area (Å²) < 4.78 is 0. The van der Waals surface area contributed by atoms with Crippen LogP contribution in [-0.4, -0.2) is 9.81 Å². The third-order valence-corrected chi connectivity index (χ3v) is 5.63. The van der Waals surface area contributed by atoms with E-state index in [-0.39, 0.29) is 0 Å². The van der Waals surface area contributed by atoms with Crippen molar-refractivity contribution < 1.29 is 0 Å². The molecule has 2 unspecified atom stereocenters.